The summed E-state index contributed by atoms with van der Waals surface area (Å²) in [5, 5.41) is 0. The van der Waals surface area contributed by atoms with Crippen molar-refractivity contribution >= 4 is 17.3 Å². The number of fused-ring (bicyclic) bond motifs is 4. The third kappa shape index (κ3) is 3.81. The van der Waals surface area contributed by atoms with E-state index in [4.69, 9.17) is 0 Å². The van der Waals surface area contributed by atoms with Crippen LogP contribution >= 0.6 is 11.8 Å². The summed E-state index contributed by atoms with van der Waals surface area (Å²) in [7, 11) is 0. The van der Waals surface area contributed by atoms with Crippen molar-refractivity contribution in [1.29, 1.82) is 0 Å². The number of rotatable bonds is 3. The molecule has 4 heteroatoms. The zero-order valence-electron chi connectivity index (χ0n) is 19.6. The normalized spacial score (nSPS) is 21.0. The van der Waals surface area contributed by atoms with Gasteiger partial charge in [-0.2, -0.15) is 0 Å². The quantitative estimate of drug-likeness (QED) is 0.276. The fourth-order valence-electron chi connectivity index (χ4n) is 6.18. The zero-order valence-corrected chi connectivity index (χ0v) is 20.4. The first-order chi connectivity index (χ1) is 17.3. The number of hydrogen-bond donors (Lipinski definition) is 0. The molecule has 2 atom stereocenters. The van der Waals surface area contributed by atoms with Gasteiger partial charge >= 0.3 is 0 Å². The average molecular weight is 474 g/mol. The van der Waals surface area contributed by atoms with E-state index in [9.17, 15) is 0 Å². The molecule has 172 valence electrons. The molecule has 7 rings (SSSR count). The van der Waals surface area contributed by atoms with Crippen molar-refractivity contribution in [1.82, 2.24) is 14.9 Å². The van der Waals surface area contributed by atoms with Gasteiger partial charge in [0.25, 0.3) is 0 Å². The number of pyridine rings is 2. The Morgan fingerprint density at radius 3 is 2.40 bits per heavy atom. The summed E-state index contributed by atoms with van der Waals surface area (Å²) in [4.78, 5) is 14.4. The summed E-state index contributed by atoms with van der Waals surface area (Å²) in [6.07, 6.45) is 10.6. The minimum Gasteiger partial charge on any atom is -0.291 e. The van der Waals surface area contributed by atoms with Crippen LogP contribution in [0.3, 0.4) is 0 Å². The van der Waals surface area contributed by atoms with Crippen molar-refractivity contribution in [3.8, 4) is 11.1 Å². The maximum Gasteiger partial charge on any atom is 0.0544 e. The number of nitrogens with zero attached hydrogens (tertiary/aromatic N) is 3. The Balaban J connectivity index is 1.29. The highest BCUT2D eigenvalue weighted by molar-refractivity contribution is 7.99. The van der Waals surface area contributed by atoms with Gasteiger partial charge in [-0.3, -0.25) is 14.9 Å². The van der Waals surface area contributed by atoms with Crippen LogP contribution in [0.1, 0.15) is 42.5 Å². The minimum absolute atomic E-state index is 0.609. The highest BCUT2D eigenvalue weighted by atomic mass is 32.2. The van der Waals surface area contributed by atoms with E-state index >= 15 is 0 Å². The first-order valence-corrected chi connectivity index (χ1v) is 13.3. The van der Waals surface area contributed by atoms with Crippen LogP contribution in [0, 0.1) is 0 Å². The summed E-state index contributed by atoms with van der Waals surface area (Å²) in [6, 6.07) is 27.6. The van der Waals surface area contributed by atoms with Crippen molar-refractivity contribution < 1.29 is 0 Å². The predicted octanol–water partition coefficient (Wildman–Crippen LogP) is 7.24. The molecule has 0 N–H and O–H groups in total. The van der Waals surface area contributed by atoms with Gasteiger partial charge in [0.15, 0.2) is 0 Å². The molecule has 0 saturated carbocycles. The number of benzene rings is 2. The summed E-state index contributed by atoms with van der Waals surface area (Å²) in [6.45, 7) is 0.969. The Kier molecular flexibility index (Phi) is 5.29. The fourth-order valence-corrected chi connectivity index (χ4v) is 7.31. The highest BCUT2D eigenvalue weighted by Gasteiger charge is 2.40. The molecule has 35 heavy (non-hydrogen) atoms. The van der Waals surface area contributed by atoms with Crippen LogP contribution in [0.25, 0.3) is 16.7 Å². The fraction of sp³-hybridized carbons (Fsp3) is 0.226. The third-order valence-electron chi connectivity index (χ3n) is 7.78. The Labute approximate surface area is 211 Å². The zero-order chi connectivity index (χ0) is 23.2. The smallest absolute Gasteiger partial charge is 0.0544 e. The molecule has 5 heterocycles. The van der Waals surface area contributed by atoms with E-state index in [1.807, 2.05) is 42.5 Å². The van der Waals surface area contributed by atoms with Crippen LogP contribution in [0.4, 0.5) is 0 Å². The van der Waals surface area contributed by atoms with E-state index in [-0.39, 0.29) is 0 Å². The molecule has 3 aliphatic heterocycles. The molecule has 0 spiro atoms. The third-order valence-corrected chi connectivity index (χ3v) is 8.92. The van der Waals surface area contributed by atoms with Crippen molar-refractivity contribution in [3.05, 3.63) is 114 Å². The second-order valence-electron chi connectivity index (χ2n) is 9.82. The molecule has 3 aliphatic rings. The van der Waals surface area contributed by atoms with Crippen molar-refractivity contribution in [2.24, 2.45) is 0 Å². The van der Waals surface area contributed by atoms with Gasteiger partial charge in [0.1, 0.15) is 0 Å². The standard InChI is InChI=1S/C31H27N3S/c1-2-9-29-27(8-1)31(28-13-10-21(18-30(28)35-29)22-6-5-14-32-19-22)23-16-25-11-12-26(17-23)34(25)20-24-7-3-4-15-33-24/h1-10,13-15,18-19,25-26H,11-12,16-17,20H2. The first-order valence-electron chi connectivity index (χ1n) is 12.5. The summed E-state index contributed by atoms with van der Waals surface area (Å²) < 4.78 is 0. The highest BCUT2D eigenvalue weighted by Crippen LogP contribution is 2.51. The molecule has 2 aromatic carbocycles. The summed E-state index contributed by atoms with van der Waals surface area (Å²) in [5.41, 5.74) is 9.52. The van der Waals surface area contributed by atoms with Crippen LogP contribution in [0.5, 0.6) is 0 Å². The van der Waals surface area contributed by atoms with E-state index in [1.54, 1.807) is 5.57 Å². The molecule has 2 bridgehead atoms. The second-order valence-corrected chi connectivity index (χ2v) is 10.9. The van der Waals surface area contributed by atoms with E-state index < -0.39 is 0 Å². The van der Waals surface area contributed by atoms with Crippen molar-refractivity contribution in [2.75, 3.05) is 0 Å². The maximum absolute atomic E-state index is 4.61. The van der Waals surface area contributed by atoms with Gasteiger partial charge in [0.05, 0.1) is 5.69 Å². The molecule has 3 nitrogen and oxygen atoms in total. The lowest BCUT2D eigenvalue weighted by atomic mass is 9.85. The average Bonchev–Trinajstić information content (AvgIpc) is 3.14. The van der Waals surface area contributed by atoms with Gasteiger partial charge in [-0.1, -0.05) is 59.8 Å². The molecular formula is C31H27N3S. The molecule has 4 aromatic rings. The molecule has 2 aromatic heterocycles. The van der Waals surface area contributed by atoms with Gasteiger partial charge in [0.2, 0.25) is 0 Å². The lowest BCUT2D eigenvalue weighted by Crippen LogP contribution is -2.40. The molecule has 2 fully saturated rings. The van der Waals surface area contributed by atoms with Gasteiger partial charge in [-0.25, -0.2) is 0 Å². The predicted molar refractivity (Wildman–Crippen MR) is 142 cm³/mol. The molecule has 2 saturated heterocycles. The van der Waals surface area contributed by atoms with Crippen LogP contribution in [0.2, 0.25) is 0 Å². The van der Waals surface area contributed by atoms with E-state index in [0.29, 0.717) is 12.1 Å². The lowest BCUT2D eigenvalue weighted by molar-refractivity contribution is 0.156. The van der Waals surface area contributed by atoms with Crippen molar-refractivity contribution in [3.63, 3.8) is 0 Å². The summed E-state index contributed by atoms with van der Waals surface area (Å²) >= 11 is 1.91. The lowest BCUT2D eigenvalue weighted by Gasteiger charge is -2.38. The SMILES string of the molecule is c1ccc(CN2C3CCC2CC(=C2c4ccccc4Sc4cc(-c5cccnc5)ccc42)C3)nc1. The van der Waals surface area contributed by atoms with E-state index in [0.717, 1.165) is 19.4 Å². The van der Waals surface area contributed by atoms with Crippen molar-refractivity contribution in [2.45, 2.75) is 54.1 Å². The molecule has 0 radical (unpaired) electrons. The summed E-state index contributed by atoms with van der Waals surface area (Å²) in [5.74, 6) is 0. The topological polar surface area (TPSA) is 29.0 Å². The number of piperidine rings is 1. The minimum atomic E-state index is 0.609. The Hall–Kier alpha value is -3.21. The Morgan fingerprint density at radius 2 is 1.60 bits per heavy atom. The molecule has 2 unspecified atom stereocenters. The van der Waals surface area contributed by atoms with Crippen LogP contribution in [-0.4, -0.2) is 27.0 Å². The van der Waals surface area contributed by atoms with Crippen LogP contribution in [0.15, 0.2) is 107 Å². The van der Waals surface area contributed by atoms with E-state index in [1.165, 1.54) is 56.2 Å². The monoisotopic (exact) mass is 473 g/mol. The molecular weight excluding hydrogens is 446 g/mol. The molecule has 0 amide bonds. The second kappa shape index (κ2) is 8.78. The van der Waals surface area contributed by atoms with Crippen LogP contribution < -0.4 is 0 Å². The Bertz CT molecular complexity index is 1400. The van der Waals surface area contributed by atoms with Gasteiger partial charge in [-0.15, -0.1) is 0 Å². The van der Waals surface area contributed by atoms with Gasteiger partial charge in [0, 0.05) is 52.6 Å². The van der Waals surface area contributed by atoms with E-state index in [2.05, 4.69) is 75.5 Å². The first kappa shape index (κ1) is 21.1. The van der Waals surface area contributed by atoms with Crippen LogP contribution in [-0.2, 0) is 6.54 Å². The molecule has 0 aliphatic carbocycles. The maximum atomic E-state index is 4.61. The number of hydrogen-bond acceptors (Lipinski definition) is 4. The van der Waals surface area contributed by atoms with Gasteiger partial charge < -0.3 is 0 Å². The number of aromatic nitrogens is 2. The van der Waals surface area contributed by atoms with Gasteiger partial charge in [-0.05, 0) is 78.3 Å². The Morgan fingerprint density at radius 1 is 0.771 bits per heavy atom. The largest absolute Gasteiger partial charge is 0.291 e.